The van der Waals surface area contributed by atoms with Gasteiger partial charge in [-0.3, -0.25) is 4.79 Å². The number of sulfone groups is 1. The van der Waals surface area contributed by atoms with Crippen LogP contribution < -0.4 is 0 Å². The van der Waals surface area contributed by atoms with Crippen LogP contribution in [0.2, 0.25) is 0 Å². The van der Waals surface area contributed by atoms with Crippen LogP contribution in [0.1, 0.15) is 33.1 Å². The van der Waals surface area contributed by atoms with Crippen molar-refractivity contribution in [3.8, 4) is 0 Å². The fourth-order valence-electron chi connectivity index (χ4n) is 3.00. The minimum Gasteiger partial charge on any atom is -0.481 e. The number of aliphatic carboxylic acids is 1. The number of carboxylic acids is 1. The van der Waals surface area contributed by atoms with E-state index in [0.29, 0.717) is 12.8 Å². The van der Waals surface area contributed by atoms with Crippen molar-refractivity contribution in [3.05, 3.63) is 0 Å². The van der Waals surface area contributed by atoms with Crippen molar-refractivity contribution in [1.29, 1.82) is 0 Å². The lowest BCUT2D eigenvalue weighted by molar-refractivity contribution is -0.154. The molecule has 1 aliphatic rings. The Morgan fingerprint density at radius 1 is 1.41 bits per heavy atom. The van der Waals surface area contributed by atoms with Gasteiger partial charge in [0.05, 0.1) is 16.8 Å². The molecule has 1 aliphatic carbocycles. The Balaban J connectivity index is 3.19. The summed E-state index contributed by atoms with van der Waals surface area (Å²) in [7, 11) is -3.44. The topological polar surface area (TPSA) is 91.7 Å². The Morgan fingerprint density at radius 3 is 2.29 bits per heavy atom. The largest absolute Gasteiger partial charge is 0.481 e. The molecule has 0 bridgehead atoms. The Bertz CT molecular complexity index is 400. The van der Waals surface area contributed by atoms with Gasteiger partial charge in [-0.2, -0.15) is 0 Å². The first-order chi connectivity index (χ1) is 7.60. The van der Waals surface area contributed by atoms with E-state index in [2.05, 4.69) is 0 Å². The Labute approximate surface area is 102 Å². The molecule has 17 heavy (non-hydrogen) atoms. The van der Waals surface area contributed by atoms with Gasteiger partial charge in [0.25, 0.3) is 0 Å². The summed E-state index contributed by atoms with van der Waals surface area (Å²) in [6.45, 7) is 3.38. The second-order valence-electron chi connectivity index (χ2n) is 5.26. The molecule has 0 aliphatic heterocycles. The van der Waals surface area contributed by atoms with Crippen molar-refractivity contribution in [2.75, 3.05) is 6.26 Å². The predicted octanol–water partition coefficient (Wildman–Crippen LogP) is 0.671. The average Bonchev–Trinajstić information content (AvgIpc) is 2.44. The Morgan fingerprint density at radius 2 is 1.94 bits per heavy atom. The van der Waals surface area contributed by atoms with Crippen LogP contribution in [0.4, 0.5) is 0 Å². The van der Waals surface area contributed by atoms with Gasteiger partial charge < -0.3 is 10.2 Å². The van der Waals surface area contributed by atoms with E-state index >= 15 is 0 Å². The van der Waals surface area contributed by atoms with Crippen LogP contribution in [0.5, 0.6) is 0 Å². The standard InChI is InChI=1S/C11H20O5S/c1-7(2)9(10(12)13)11(14)6-4-5-8(11)17(3,15)16/h7-9,14H,4-6H2,1-3H3,(H,12,13). The summed E-state index contributed by atoms with van der Waals surface area (Å²) in [5.41, 5.74) is -1.63. The quantitative estimate of drug-likeness (QED) is 0.778. The zero-order valence-corrected chi connectivity index (χ0v) is 11.2. The third kappa shape index (κ3) is 2.63. The van der Waals surface area contributed by atoms with E-state index in [1.54, 1.807) is 13.8 Å². The number of carbonyl (C=O) groups is 1. The first-order valence-electron chi connectivity index (χ1n) is 5.74. The maximum atomic E-state index is 11.6. The molecule has 0 aromatic carbocycles. The summed E-state index contributed by atoms with van der Waals surface area (Å²) in [6.07, 6.45) is 2.18. The summed E-state index contributed by atoms with van der Waals surface area (Å²) >= 11 is 0. The summed E-state index contributed by atoms with van der Waals surface area (Å²) in [5.74, 6) is -2.47. The molecule has 0 radical (unpaired) electrons. The summed E-state index contributed by atoms with van der Waals surface area (Å²) < 4.78 is 23.3. The lowest BCUT2D eigenvalue weighted by atomic mass is 9.78. The molecule has 1 fully saturated rings. The molecule has 0 aromatic rings. The van der Waals surface area contributed by atoms with E-state index in [1.165, 1.54) is 0 Å². The molecule has 0 heterocycles. The molecule has 0 amide bonds. The Hall–Kier alpha value is -0.620. The highest BCUT2D eigenvalue weighted by atomic mass is 32.2. The van der Waals surface area contributed by atoms with Crippen molar-refractivity contribution in [2.24, 2.45) is 11.8 Å². The maximum Gasteiger partial charge on any atom is 0.309 e. The van der Waals surface area contributed by atoms with Crippen LogP contribution in [-0.4, -0.2) is 41.7 Å². The third-order valence-corrected chi connectivity index (χ3v) is 5.27. The molecule has 0 spiro atoms. The fourth-order valence-corrected chi connectivity index (χ4v) is 4.60. The minimum atomic E-state index is -3.44. The minimum absolute atomic E-state index is 0.236. The highest BCUT2D eigenvalue weighted by Crippen LogP contribution is 2.42. The van der Waals surface area contributed by atoms with E-state index in [1.807, 2.05) is 0 Å². The monoisotopic (exact) mass is 264 g/mol. The Kier molecular flexibility index (Phi) is 3.88. The normalized spacial score (nSPS) is 31.7. The second-order valence-corrected chi connectivity index (χ2v) is 7.49. The number of carboxylic acid groups (broad SMARTS) is 1. The second kappa shape index (κ2) is 4.57. The molecule has 3 unspecified atom stereocenters. The first kappa shape index (κ1) is 14.4. The number of rotatable bonds is 4. The summed E-state index contributed by atoms with van der Waals surface area (Å²) in [5, 5.41) is 18.8. The first-order valence-corrected chi connectivity index (χ1v) is 7.70. The van der Waals surface area contributed by atoms with Crippen molar-refractivity contribution in [1.82, 2.24) is 0 Å². The van der Waals surface area contributed by atoms with Gasteiger partial charge in [-0.05, 0) is 25.2 Å². The predicted molar refractivity (Wildman–Crippen MR) is 63.4 cm³/mol. The van der Waals surface area contributed by atoms with Crippen molar-refractivity contribution >= 4 is 15.8 Å². The third-order valence-electron chi connectivity index (χ3n) is 3.59. The molecule has 6 heteroatoms. The molecule has 3 atom stereocenters. The average molecular weight is 264 g/mol. The molecule has 0 saturated heterocycles. The molecule has 0 aromatic heterocycles. The van der Waals surface area contributed by atoms with Crippen LogP contribution in [0.3, 0.4) is 0 Å². The van der Waals surface area contributed by atoms with Gasteiger partial charge in [-0.1, -0.05) is 13.8 Å². The molecule has 1 saturated carbocycles. The van der Waals surface area contributed by atoms with Gasteiger partial charge in [-0.15, -0.1) is 0 Å². The van der Waals surface area contributed by atoms with Crippen molar-refractivity contribution in [3.63, 3.8) is 0 Å². The molecule has 2 N–H and O–H groups in total. The van der Waals surface area contributed by atoms with E-state index in [0.717, 1.165) is 6.26 Å². The smallest absolute Gasteiger partial charge is 0.309 e. The highest BCUT2D eigenvalue weighted by molar-refractivity contribution is 7.91. The van der Waals surface area contributed by atoms with E-state index in [-0.39, 0.29) is 12.3 Å². The summed E-state index contributed by atoms with van der Waals surface area (Å²) in [6, 6.07) is 0. The molecule has 100 valence electrons. The van der Waals surface area contributed by atoms with E-state index in [4.69, 9.17) is 0 Å². The highest BCUT2D eigenvalue weighted by Gasteiger charge is 2.55. The number of hydrogen-bond donors (Lipinski definition) is 2. The van der Waals surface area contributed by atoms with Crippen molar-refractivity contribution < 1.29 is 23.4 Å². The van der Waals surface area contributed by atoms with Gasteiger partial charge in [0.1, 0.15) is 0 Å². The lowest BCUT2D eigenvalue weighted by Gasteiger charge is -2.36. The van der Waals surface area contributed by atoms with Gasteiger partial charge in [0.15, 0.2) is 9.84 Å². The number of aliphatic hydroxyl groups is 1. The van der Waals surface area contributed by atoms with Crippen LogP contribution in [0.25, 0.3) is 0 Å². The van der Waals surface area contributed by atoms with Gasteiger partial charge in [-0.25, -0.2) is 8.42 Å². The fraction of sp³-hybridized carbons (Fsp3) is 0.909. The van der Waals surface area contributed by atoms with Gasteiger partial charge in [0.2, 0.25) is 0 Å². The summed E-state index contributed by atoms with van der Waals surface area (Å²) in [4.78, 5) is 11.3. The zero-order chi connectivity index (χ0) is 13.4. The SMILES string of the molecule is CC(C)C(C(=O)O)C1(O)CCCC1S(C)(=O)=O. The lowest BCUT2D eigenvalue weighted by Crippen LogP contribution is -2.53. The van der Waals surface area contributed by atoms with E-state index < -0.39 is 32.6 Å². The maximum absolute atomic E-state index is 11.6. The molecular formula is C11H20O5S. The molecule has 1 rings (SSSR count). The van der Waals surface area contributed by atoms with Gasteiger partial charge >= 0.3 is 5.97 Å². The van der Waals surface area contributed by atoms with Crippen LogP contribution in [0, 0.1) is 11.8 Å². The molecule has 5 nitrogen and oxygen atoms in total. The molecular weight excluding hydrogens is 244 g/mol. The van der Waals surface area contributed by atoms with Gasteiger partial charge in [0, 0.05) is 6.26 Å². The van der Waals surface area contributed by atoms with Crippen LogP contribution >= 0.6 is 0 Å². The van der Waals surface area contributed by atoms with Crippen LogP contribution in [0.15, 0.2) is 0 Å². The van der Waals surface area contributed by atoms with E-state index in [9.17, 15) is 23.4 Å². The zero-order valence-electron chi connectivity index (χ0n) is 10.4. The number of hydrogen-bond acceptors (Lipinski definition) is 4. The van der Waals surface area contributed by atoms with Crippen molar-refractivity contribution in [2.45, 2.75) is 44.0 Å². The van der Waals surface area contributed by atoms with Crippen LogP contribution in [-0.2, 0) is 14.6 Å².